The van der Waals surface area contributed by atoms with Crippen LogP contribution in [0.25, 0.3) is 11.5 Å². The van der Waals surface area contributed by atoms with Crippen molar-refractivity contribution >= 4 is 11.7 Å². The first kappa shape index (κ1) is 18.5. The number of amides is 1. The van der Waals surface area contributed by atoms with E-state index in [0.717, 1.165) is 43.9 Å². The molecule has 1 amide bonds. The van der Waals surface area contributed by atoms with Crippen LogP contribution in [0.3, 0.4) is 0 Å². The number of carbonyl (C=O) groups is 1. The van der Waals surface area contributed by atoms with Gasteiger partial charge in [-0.05, 0) is 57.1 Å². The van der Waals surface area contributed by atoms with Gasteiger partial charge in [0.2, 0.25) is 5.91 Å². The van der Waals surface area contributed by atoms with Gasteiger partial charge in [-0.15, -0.1) is 0 Å². The summed E-state index contributed by atoms with van der Waals surface area (Å²) in [5.41, 5.74) is 0.383. The molecule has 1 aliphatic carbocycles. The Hall–Kier alpha value is -2.48. The molecule has 2 aliphatic heterocycles. The summed E-state index contributed by atoms with van der Waals surface area (Å²) in [6.07, 6.45) is 5.88. The summed E-state index contributed by atoms with van der Waals surface area (Å²) >= 11 is 0. The van der Waals surface area contributed by atoms with Crippen molar-refractivity contribution in [1.82, 2.24) is 20.0 Å². The molecule has 3 aliphatic rings. The van der Waals surface area contributed by atoms with Crippen molar-refractivity contribution in [2.24, 2.45) is 11.3 Å². The Morgan fingerprint density at radius 2 is 2.07 bits per heavy atom. The first-order chi connectivity index (χ1) is 14.0. The maximum Gasteiger partial charge on any atom is 0.259 e. The van der Waals surface area contributed by atoms with Gasteiger partial charge in [-0.3, -0.25) is 4.79 Å². The second kappa shape index (κ2) is 7.09. The Kier molecular flexibility index (Phi) is 4.53. The number of hydrogen-bond acceptors (Lipinski definition) is 7. The van der Waals surface area contributed by atoms with E-state index in [1.165, 1.54) is 12.8 Å². The van der Waals surface area contributed by atoms with Gasteiger partial charge in [-0.1, -0.05) is 5.16 Å². The highest BCUT2D eigenvalue weighted by Crippen LogP contribution is 2.43. The second-order valence-corrected chi connectivity index (χ2v) is 8.83. The number of β-amino-alcohol motifs (C(OH)–C–C–N with tert-alkyl or cyclic N) is 1. The quantitative estimate of drug-likeness (QED) is 0.843. The minimum absolute atomic E-state index is 0.254. The van der Waals surface area contributed by atoms with Gasteiger partial charge in [0.25, 0.3) is 5.89 Å². The fraction of sp³-hybridized carbons (Fsp3) is 0.619. The van der Waals surface area contributed by atoms with E-state index in [1.54, 1.807) is 13.1 Å². The minimum Gasteiger partial charge on any atom is -0.391 e. The number of pyridine rings is 1. The molecule has 0 radical (unpaired) electrons. The molecular weight excluding hydrogens is 370 g/mol. The number of aryl methyl sites for hydroxylation is 1. The summed E-state index contributed by atoms with van der Waals surface area (Å²) < 4.78 is 5.19. The number of nitrogens with zero attached hydrogens (tertiary/aromatic N) is 5. The lowest BCUT2D eigenvalue weighted by Gasteiger charge is -2.48. The lowest BCUT2D eigenvalue weighted by molar-refractivity contribution is -0.154. The molecule has 1 atom stereocenters. The summed E-state index contributed by atoms with van der Waals surface area (Å²) in [6, 6.07) is 3.90. The van der Waals surface area contributed by atoms with Gasteiger partial charge in [0.05, 0.1) is 17.1 Å². The van der Waals surface area contributed by atoms with Gasteiger partial charge < -0.3 is 19.4 Å². The van der Waals surface area contributed by atoms with E-state index in [9.17, 15) is 9.90 Å². The Morgan fingerprint density at radius 3 is 2.69 bits per heavy atom. The van der Waals surface area contributed by atoms with Crippen molar-refractivity contribution in [3.05, 3.63) is 24.2 Å². The molecule has 2 saturated heterocycles. The Labute approximate surface area is 169 Å². The second-order valence-electron chi connectivity index (χ2n) is 8.83. The number of hydrogen-bond donors (Lipinski definition) is 1. The molecule has 1 unspecified atom stereocenters. The van der Waals surface area contributed by atoms with Crippen LogP contribution in [-0.4, -0.2) is 63.3 Å². The van der Waals surface area contributed by atoms with Crippen molar-refractivity contribution in [3.8, 4) is 11.5 Å². The molecule has 29 heavy (non-hydrogen) atoms. The normalized spacial score (nSPS) is 24.3. The van der Waals surface area contributed by atoms with Gasteiger partial charge in [0.1, 0.15) is 5.82 Å². The highest BCUT2D eigenvalue weighted by atomic mass is 16.5. The topological polar surface area (TPSA) is 95.6 Å². The average Bonchev–Trinajstić information content (AvgIpc) is 3.44. The lowest BCUT2D eigenvalue weighted by Crippen LogP contribution is -2.58. The summed E-state index contributed by atoms with van der Waals surface area (Å²) in [5.74, 6) is 2.85. The van der Waals surface area contributed by atoms with Crippen molar-refractivity contribution in [1.29, 1.82) is 0 Å². The molecule has 5 rings (SSSR count). The van der Waals surface area contributed by atoms with Gasteiger partial charge in [0, 0.05) is 32.4 Å². The fourth-order valence-corrected chi connectivity index (χ4v) is 4.74. The molecule has 2 aromatic heterocycles. The molecule has 4 heterocycles. The van der Waals surface area contributed by atoms with E-state index in [2.05, 4.69) is 20.0 Å². The van der Waals surface area contributed by atoms with Gasteiger partial charge in [-0.25, -0.2) is 4.98 Å². The van der Waals surface area contributed by atoms with E-state index >= 15 is 0 Å². The summed E-state index contributed by atoms with van der Waals surface area (Å²) in [4.78, 5) is 26.2. The third-order valence-corrected chi connectivity index (χ3v) is 6.54. The molecule has 154 valence electrons. The Balaban J connectivity index is 1.26. The molecular formula is C21H27N5O3. The highest BCUT2D eigenvalue weighted by molar-refractivity contribution is 5.84. The van der Waals surface area contributed by atoms with E-state index in [4.69, 9.17) is 4.52 Å². The summed E-state index contributed by atoms with van der Waals surface area (Å²) in [5, 5.41) is 14.2. The molecule has 0 aromatic carbocycles. The first-order valence-corrected chi connectivity index (χ1v) is 10.5. The number of piperidine rings is 2. The van der Waals surface area contributed by atoms with Crippen LogP contribution in [0.15, 0.2) is 22.9 Å². The van der Waals surface area contributed by atoms with E-state index < -0.39 is 11.5 Å². The molecule has 1 saturated carbocycles. The van der Waals surface area contributed by atoms with Crippen molar-refractivity contribution in [3.63, 3.8) is 0 Å². The number of aromatic nitrogens is 3. The minimum atomic E-state index is -0.412. The zero-order valence-corrected chi connectivity index (χ0v) is 16.8. The van der Waals surface area contributed by atoms with E-state index in [1.807, 2.05) is 17.0 Å². The number of likely N-dealkylation sites (tertiary alicyclic amines) is 1. The molecule has 3 fully saturated rings. The number of aliphatic hydroxyl groups excluding tert-OH is 1. The zero-order chi connectivity index (χ0) is 20.0. The largest absolute Gasteiger partial charge is 0.391 e. The number of aliphatic hydroxyl groups is 1. The molecule has 8 nitrogen and oxygen atoms in total. The van der Waals surface area contributed by atoms with Crippen LogP contribution in [0.5, 0.6) is 0 Å². The van der Waals surface area contributed by atoms with Gasteiger partial charge in [-0.2, -0.15) is 4.98 Å². The number of anilines is 1. The summed E-state index contributed by atoms with van der Waals surface area (Å²) in [6.45, 7) is 4.63. The van der Waals surface area contributed by atoms with E-state index in [0.29, 0.717) is 30.6 Å². The predicted octanol–water partition coefficient (Wildman–Crippen LogP) is 2.03. The third-order valence-electron chi connectivity index (χ3n) is 6.54. The molecule has 1 spiro atoms. The monoisotopic (exact) mass is 397 g/mol. The molecule has 1 N–H and O–H groups in total. The van der Waals surface area contributed by atoms with Crippen LogP contribution < -0.4 is 4.90 Å². The maximum absolute atomic E-state index is 13.2. The van der Waals surface area contributed by atoms with Crippen LogP contribution in [0.2, 0.25) is 0 Å². The Morgan fingerprint density at radius 1 is 1.28 bits per heavy atom. The van der Waals surface area contributed by atoms with Gasteiger partial charge in [0.15, 0.2) is 5.82 Å². The van der Waals surface area contributed by atoms with Gasteiger partial charge >= 0.3 is 0 Å². The molecule has 0 bridgehead atoms. The van der Waals surface area contributed by atoms with Crippen LogP contribution in [0, 0.1) is 18.3 Å². The van der Waals surface area contributed by atoms with Crippen LogP contribution in [0.4, 0.5) is 5.82 Å². The molecule has 8 heteroatoms. The number of carbonyl (C=O) groups excluding carboxylic acids is 1. The van der Waals surface area contributed by atoms with Crippen LogP contribution >= 0.6 is 0 Å². The zero-order valence-electron chi connectivity index (χ0n) is 16.8. The fourth-order valence-electron chi connectivity index (χ4n) is 4.74. The molecule has 2 aromatic rings. The number of rotatable bonds is 4. The van der Waals surface area contributed by atoms with Crippen molar-refractivity contribution in [2.75, 3.05) is 31.1 Å². The average molecular weight is 397 g/mol. The van der Waals surface area contributed by atoms with Crippen molar-refractivity contribution < 1.29 is 14.4 Å². The summed E-state index contributed by atoms with van der Waals surface area (Å²) in [7, 11) is 0. The Bertz CT molecular complexity index is 882. The highest BCUT2D eigenvalue weighted by Gasteiger charge is 2.49. The van der Waals surface area contributed by atoms with Crippen molar-refractivity contribution in [2.45, 2.75) is 45.1 Å². The third kappa shape index (κ3) is 3.61. The maximum atomic E-state index is 13.2. The first-order valence-electron chi connectivity index (χ1n) is 10.5. The SMILES string of the molecule is Cc1noc(-c2ccc(N3CCC4(CC3)CC(O)CN(CC3CC3)C4=O)nc2)n1. The predicted molar refractivity (Wildman–Crippen MR) is 106 cm³/mol. The standard InChI is InChI=1S/C21H27N5O3/c1-14-23-19(29-24-14)16-4-5-18(22-11-16)25-8-6-21(7-9-25)10-17(27)13-26(20(21)28)12-15-2-3-15/h4-5,11,15,17,27H,2-3,6-10,12-13H2,1H3. The smallest absolute Gasteiger partial charge is 0.259 e. The van der Waals surface area contributed by atoms with Crippen LogP contribution in [0.1, 0.15) is 37.9 Å². The van der Waals surface area contributed by atoms with Crippen LogP contribution in [-0.2, 0) is 4.79 Å². The lowest BCUT2D eigenvalue weighted by atomic mass is 9.71. The van der Waals surface area contributed by atoms with E-state index in [-0.39, 0.29) is 5.91 Å².